The summed E-state index contributed by atoms with van der Waals surface area (Å²) in [4.78, 5) is 30.0. The van der Waals surface area contributed by atoms with Crippen LogP contribution in [0.25, 0.3) is 11.1 Å². The van der Waals surface area contributed by atoms with Gasteiger partial charge in [0.25, 0.3) is 0 Å². The van der Waals surface area contributed by atoms with Crippen molar-refractivity contribution in [3.05, 3.63) is 137 Å². The molecule has 2 amide bonds. The third-order valence-corrected chi connectivity index (χ3v) is 11.9. The molecule has 57 heavy (non-hydrogen) atoms. The standard InChI is InChI=1S/C47H53F3N2O5/c1-31(2)51-44(55)52(29-33-13-21-39(22-14-33)57-47(48,49)50)30-46(56)26-24-42-40-23-15-34(27-38(53)20-12-32(3)9-8-25-45(42,46)4)28-41(40)43(54)37-18-16-36(17-19-37)35-10-6-5-7-11-35/h5-7,9-11,13-19,21-23,28,31,38,42,53,56H,8,12,20,24-27,29-30H2,1-4H3,(H,51,55). The zero-order valence-electron chi connectivity index (χ0n) is 33.1. The van der Waals surface area contributed by atoms with Gasteiger partial charge in [-0.15, -0.1) is 13.2 Å². The lowest BCUT2D eigenvalue weighted by Gasteiger charge is -2.46. The molecule has 4 atom stereocenters. The van der Waals surface area contributed by atoms with Gasteiger partial charge < -0.3 is 25.2 Å². The van der Waals surface area contributed by atoms with E-state index in [4.69, 9.17) is 0 Å². The van der Waals surface area contributed by atoms with Gasteiger partial charge in [-0.1, -0.05) is 97.4 Å². The monoisotopic (exact) mass is 782 g/mol. The first-order valence-electron chi connectivity index (χ1n) is 19.8. The van der Waals surface area contributed by atoms with Crippen LogP contribution >= 0.6 is 0 Å². The summed E-state index contributed by atoms with van der Waals surface area (Å²) in [5, 5.41) is 27.0. The Morgan fingerprint density at radius 2 is 1.61 bits per heavy atom. The minimum atomic E-state index is -4.83. The molecule has 10 heteroatoms. The summed E-state index contributed by atoms with van der Waals surface area (Å²) in [6.07, 6.45) is 0.520. The fourth-order valence-electron chi connectivity index (χ4n) is 8.67. The lowest BCUT2D eigenvalue weighted by molar-refractivity contribution is -0.274. The van der Waals surface area contributed by atoms with Crippen molar-refractivity contribution in [3.8, 4) is 16.9 Å². The Labute approximate surface area is 333 Å². The quantitative estimate of drug-likeness (QED) is 0.116. The number of rotatable bonds is 9. The van der Waals surface area contributed by atoms with E-state index in [2.05, 4.69) is 30.0 Å². The van der Waals surface area contributed by atoms with E-state index in [1.807, 2.05) is 86.6 Å². The Hall–Kier alpha value is -4.93. The number of aliphatic hydroxyl groups excluding tert-OH is 1. The summed E-state index contributed by atoms with van der Waals surface area (Å²) < 4.78 is 42.7. The van der Waals surface area contributed by atoms with Gasteiger partial charge in [0, 0.05) is 29.1 Å². The molecule has 4 unspecified atom stereocenters. The number of halogens is 3. The SMILES string of the molecule is CC1=CCCC2(C)C(CCC2(O)CN(Cc2ccc(OC(F)(F)F)cc2)C(=O)NC(C)C)c2ccc(cc2C(=O)c2ccc(-c3ccccc3)cc2)CC(O)CC1. The first kappa shape index (κ1) is 41.7. The molecule has 7 nitrogen and oxygen atoms in total. The van der Waals surface area contributed by atoms with E-state index in [0.717, 1.165) is 27.8 Å². The highest BCUT2D eigenvalue weighted by Crippen LogP contribution is 2.59. The van der Waals surface area contributed by atoms with Gasteiger partial charge in [-0.05, 0) is 118 Å². The third kappa shape index (κ3) is 9.97. The molecule has 7 rings (SSSR count). The predicted molar refractivity (Wildman–Crippen MR) is 216 cm³/mol. The van der Waals surface area contributed by atoms with Crippen LogP contribution in [0.1, 0.15) is 105 Å². The van der Waals surface area contributed by atoms with Crippen LogP contribution in [0.5, 0.6) is 5.75 Å². The number of fused-ring (bicyclic) bond motifs is 8. The molecule has 3 aliphatic rings. The number of ether oxygens (including phenoxy) is 1. The molecule has 0 aromatic heterocycles. The Kier molecular flexibility index (Phi) is 12.6. The van der Waals surface area contributed by atoms with Gasteiger partial charge in [-0.2, -0.15) is 0 Å². The minimum absolute atomic E-state index is 0.0344. The maximum atomic E-state index is 14.6. The van der Waals surface area contributed by atoms with Crippen LogP contribution in [-0.4, -0.2) is 57.6 Å². The molecule has 1 saturated carbocycles. The highest BCUT2D eigenvalue weighted by atomic mass is 19.4. The number of aliphatic hydroxyl groups is 2. The molecule has 0 heterocycles. The Bertz CT molecular complexity index is 2050. The van der Waals surface area contributed by atoms with E-state index in [1.54, 1.807) is 0 Å². The van der Waals surface area contributed by atoms with Crippen molar-refractivity contribution in [3.63, 3.8) is 0 Å². The number of nitrogens with one attached hydrogen (secondary N) is 1. The molecular formula is C47H53F3N2O5. The van der Waals surface area contributed by atoms with Crippen molar-refractivity contribution >= 4 is 11.8 Å². The van der Waals surface area contributed by atoms with Crippen molar-refractivity contribution in [1.82, 2.24) is 10.2 Å². The van der Waals surface area contributed by atoms with Gasteiger partial charge in [-0.25, -0.2) is 4.79 Å². The van der Waals surface area contributed by atoms with Gasteiger partial charge >= 0.3 is 12.4 Å². The highest BCUT2D eigenvalue weighted by Gasteiger charge is 2.57. The zero-order valence-corrected chi connectivity index (χ0v) is 33.1. The second-order valence-corrected chi connectivity index (χ2v) is 16.4. The summed E-state index contributed by atoms with van der Waals surface area (Å²) in [6, 6.07) is 28.2. The van der Waals surface area contributed by atoms with Crippen LogP contribution in [0.15, 0.2) is 109 Å². The van der Waals surface area contributed by atoms with Gasteiger partial charge in [0.2, 0.25) is 0 Å². The molecule has 2 bridgehead atoms. The van der Waals surface area contributed by atoms with Gasteiger partial charge in [0.05, 0.1) is 18.2 Å². The smallest absolute Gasteiger partial charge is 0.406 e. The maximum absolute atomic E-state index is 14.6. The lowest BCUT2D eigenvalue weighted by atomic mass is 9.64. The van der Waals surface area contributed by atoms with Crippen LogP contribution in [-0.2, 0) is 13.0 Å². The molecule has 4 aromatic carbocycles. The molecule has 0 spiro atoms. The number of urea groups is 1. The minimum Gasteiger partial charge on any atom is -0.406 e. The van der Waals surface area contributed by atoms with Crippen LogP contribution in [0.4, 0.5) is 18.0 Å². The number of alkyl halides is 3. The van der Waals surface area contributed by atoms with Gasteiger partial charge in [-0.3, -0.25) is 4.79 Å². The van der Waals surface area contributed by atoms with E-state index in [-0.39, 0.29) is 36.6 Å². The number of nitrogens with zero attached hydrogens (tertiary/aromatic N) is 1. The van der Waals surface area contributed by atoms with Crippen LogP contribution in [0.2, 0.25) is 0 Å². The number of hydrogen-bond acceptors (Lipinski definition) is 5. The number of carbonyl (C=O) groups excluding carboxylic acids is 2. The molecule has 0 aliphatic heterocycles. The van der Waals surface area contributed by atoms with E-state index < -0.39 is 29.5 Å². The van der Waals surface area contributed by atoms with Crippen molar-refractivity contribution in [2.45, 2.75) is 109 Å². The summed E-state index contributed by atoms with van der Waals surface area (Å²) >= 11 is 0. The lowest BCUT2D eigenvalue weighted by Crippen LogP contribution is -2.55. The van der Waals surface area contributed by atoms with Crippen molar-refractivity contribution in [2.24, 2.45) is 5.41 Å². The Morgan fingerprint density at radius 1 is 0.930 bits per heavy atom. The van der Waals surface area contributed by atoms with Crippen molar-refractivity contribution in [1.29, 1.82) is 0 Å². The normalized spacial score (nSPS) is 22.7. The molecule has 4 aromatic rings. The summed E-state index contributed by atoms with van der Waals surface area (Å²) in [7, 11) is 0. The largest absolute Gasteiger partial charge is 0.573 e. The zero-order chi connectivity index (χ0) is 41.0. The first-order valence-corrected chi connectivity index (χ1v) is 19.8. The number of carbonyl (C=O) groups is 2. The molecule has 3 aliphatic carbocycles. The summed E-state index contributed by atoms with van der Waals surface area (Å²) in [5.74, 6) is -0.776. The van der Waals surface area contributed by atoms with Gasteiger partial charge in [0.15, 0.2) is 5.78 Å². The van der Waals surface area contributed by atoms with Gasteiger partial charge in [0.1, 0.15) is 5.75 Å². The maximum Gasteiger partial charge on any atom is 0.573 e. The summed E-state index contributed by atoms with van der Waals surface area (Å²) in [6.45, 7) is 7.77. The Morgan fingerprint density at radius 3 is 2.28 bits per heavy atom. The molecular weight excluding hydrogens is 730 g/mol. The average molecular weight is 783 g/mol. The fourth-order valence-corrected chi connectivity index (χ4v) is 8.67. The van der Waals surface area contributed by atoms with E-state index >= 15 is 0 Å². The van der Waals surface area contributed by atoms with Crippen LogP contribution in [0.3, 0.4) is 0 Å². The van der Waals surface area contributed by atoms with Crippen molar-refractivity contribution in [2.75, 3.05) is 6.54 Å². The Balaban J connectivity index is 1.38. The fraction of sp³-hybridized carbons (Fsp3) is 0.404. The second kappa shape index (κ2) is 17.3. The molecule has 3 N–H and O–H groups in total. The number of ketones is 1. The third-order valence-electron chi connectivity index (χ3n) is 11.9. The van der Waals surface area contributed by atoms with E-state index in [0.29, 0.717) is 61.6 Å². The number of hydrogen-bond donors (Lipinski definition) is 3. The highest BCUT2D eigenvalue weighted by molar-refractivity contribution is 6.10. The first-order chi connectivity index (χ1) is 27.0. The van der Waals surface area contributed by atoms with E-state index in [9.17, 15) is 33.0 Å². The average Bonchev–Trinajstić information content (AvgIpc) is 3.42. The molecule has 0 radical (unpaired) electrons. The predicted octanol–water partition coefficient (Wildman–Crippen LogP) is 10.1. The molecule has 0 saturated heterocycles. The van der Waals surface area contributed by atoms with E-state index in [1.165, 1.54) is 29.2 Å². The topological polar surface area (TPSA) is 99.1 Å². The summed E-state index contributed by atoms with van der Waals surface area (Å²) in [5.41, 5.74) is 4.27. The number of benzene rings is 4. The molecule has 302 valence electrons. The van der Waals surface area contributed by atoms with Crippen molar-refractivity contribution < 1.29 is 37.7 Å². The second-order valence-electron chi connectivity index (χ2n) is 16.4. The number of allylic oxidation sites excluding steroid dienone is 2. The molecule has 1 fully saturated rings. The number of amides is 2. The van der Waals surface area contributed by atoms with Crippen LogP contribution < -0.4 is 10.1 Å². The van der Waals surface area contributed by atoms with Crippen LogP contribution in [0, 0.1) is 5.41 Å².